The third-order valence-corrected chi connectivity index (χ3v) is 6.90. The number of ether oxygens (including phenoxy) is 1. The maximum absolute atomic E-state index is 12.6. The molecule has 30 heavy (non-hydrogen) atoms. The summed E-state index contributed by atoms with van der Waals surface area (Å²) in [6.45, 7) is 8.41. The molecule has 0 radical (unpaired) electrons. The highest BCUT2D eigenvalue weighted by Crippen LogP contribution is 2.33. The van der Waals surface area contributed by atoms with Crippen molar-refractivity contribution in [3.05, 3.63) is 35.0 Å². The summed E-state index contributed by atoms with van der Waals surface area (Å²) in [6.07, 6.45) is 7.83. The summed E-state index contributed by atoms with van der Waals surface area (Å²) in [6, 6.07) is 1.74. The molecule has 7 nitrogen and oxygen atoms in total. The number of thioether (sulfide) groups is 1. The number of anilines is 1. The van der Waals surface area contributed by atoms with Crippen LogP contribution in [0, 0.1) is 6.92 Å². The monoisotopic (exact) mass is 448 g/mol. The second-order valence-corrected chi connectivity index (χ2v) is 9.43. The van der Waals surface area contributed by atoms with Crippen molar-refractivity contribution in [2.45, 2.75) is 63.6 Å². The second kappa shape index (κ2) is 10.8. The molecule has 1 N–H and O–H groups in total. The Morgan fingerprint density at radius 1 is 1.37 bits per heavy atom. The molecule has 2 heterocycles. The van der Waals surface area contributed by atoms with E-state index in [4.69, 9.17) is 4.74 Å². The van der Waals surface area contributed by atoms with Crippen molar-refractivity contribution < 1.29 is 14.3 Å². The zero-order chi connectivity index (χ0) is 21.5. The molecule has 0 saturated heterocycles. The van der Waals surface area contributed by atoms with E-state index in [1.807, 2.05) is 13.0 Å². The SMILES string of the molecule is C=CCn1c(SCC(=O)Nc2sc(C)cc2C(=O)OCC)nnc1C1CCCCC1. The summed E-state index contributed by atoms with van der Waals surface area (Å²) in [7, 11) is 0. The molecule has 0 spiro atoms. The lowest BCUT2D eigenvalue weighted by atomic mass is 9.89. The molecule has 1 fully saturated rings. The second-order valence-electron chi connectivity index (χ2n) is 7.23. The molecule has 1 aliphatic carbocycles. The highest BCUT2D eigenvalue weighted by Gasteiger charge is 2.24. The number of allylic oxidation sites excluding steroid dienone is 1. The van der Waals surface area contributed by atoms with Gasteiger partial charge in [-0.25, -0.2) is 4.79 Å². The van der Waals surface area contributed by atoms with Gasteiger partial charge in [0.1, 0.15) is 10.8 Å². The number of hydrogen-bond donors (Lipinski definition) is 1. The minimum Gasteiger partial charge on any atom is -0.462 e. The average molecular weight is 449 g/mol. The number of aryl methyl sites for hydroxylation is 1. The van der Waals surface area contributed by atoms with E-state index in [1.165, 1.54) is 42.4 Å². The van der Waals surface area contributed by atoms with Crippen LogP contribution in [0.1, 0.15) is 66.0 Å². The van der Waals surface area contributed by atoms with Gasteiger partial charge in [0.2, 0.25) is 5.91 Å². The first-order chi connectivity index (χ1) is 14.5. The smallest absolute Gasteiger partial charge is 0.341 e. The van der Waals surface area contributed by atoms with Crippen molar-refractivity contribution in [3.63, 3.8) is 0 Å². The molecule has 9 heteroatoms. The molecule has 3 rings (SSSR count). The van der Waals surface area contributed by atoms with Gasteiger partial charge in [0.05, 0.1) is 17.9 Å². The van der Waals surface area contributed by atoms with E-state index in [-0.39, 0.29) is 11.7 Å². The third-order valence-electron chi connectivity index (χ3n) is 4.96. The number of nitrogens with one attached hydrogen (secondary N) is 1. The van der Waals surface area contributed by atoms with Crippen LogP contribution >= 0.6 is 23.1 Å². The molecular weight excluding hydrogens is 420 g/mol. The maximum Gasteiger partial charge on any atom is 0.341 e. The zero-order valence-electron chi connectivity index (χ0n) is 17.5. The van der Waals surface area contributed by atoms with Crippen molar-refractivity contribution in [3.8, 4) is 0 Å². The molecule has 0 atom stereocenters. The van der Waals surface area contributed by atoms with Crippen LogP contribution < -0.4 is 5.32 Å². The normalized spacial score (nSPS) is 14.5. The van der Waals surface area contributed by atoms with Gasteiger partial charge < -0.3 is 14.6 Å². The summed E-state index contributed by atoms with van der Waals surface area (Å²) < 4.78 is 7.15. The molecule has 1 amide bonds. The van der Waals surface area contributed by atoms with Gasteiger partial charge in [0.25, 0.3) is 0 Å². The van der Waals surface area contributed by atoms with Crippen LogP contribution in [0.5, 0.6) is 0 Å². The molecule has 0 bridgehead atoms. The Hall–Kier alpha value is -2.13. The van der Waals surface area contributed by atoms with Crippen LogP contribution in [0.2, 0.25) is 0 Å². The Morgan fingerprint density at radius 3 is 2.83 bits per heavy atom. The van der Waals surface area contributed by atoms with Crippen molar-refractivity contribution in [1.82, 2.24) is 14.8 Å². The fraction of sp³-hybridized carbons (Fsp3) is 0.524. The Kier molecular flexibility index (Phi) is 8.09. The van der Waals surface area contributed by atoms with Gasteiger partial charge in [-0.2, -0.15) is 0 Å². The molecule has 0 aromatic carbocycles. The number of carbonyl (C=O) groups excluding carboxylic acids is 2. The lowest BCUT2D eigenvalue weighted by Gasteiger charge is -2.21. The van der Waals surface area contributed by atoms with Gasteiger partial charge in [-0.3, -0.25) is 4.79 Å². The molecule has 1 saturated carbocycles. The third kappa shape index (κ3) is 5.51. The molecular formula is C21H28N4O3S2. The Bertz CT molecular complexity index is 900. The number of esters is 1. The standard InChI is InChI=1S/C21H28N4O3S2/c1-4-11-25-18(15-9-7-6-8-10-15)23-24-21(25)29-13-17(26)22-19-16(12-14(3)30-19)20(27)28-5-2/h4,12,15H,1,5-11,13H2,2-3H3,(H,22,26). The Balaban J connectivity index is 1.66. The van der Waals surface area contributed by atoms with E-state index in [0.717, 1.165) is 28.7 Å². The summed E-state index contributed by atoms with van der Waals surface area (Å²) >= 11 is 2.71. The number of thiophene rings is 1. The van der Waals surface area contributed by atoms with Crippen molar-refractivity contribution in [2.24, 2.45) is 0 Å². The van der Waals surface area contributed by atoms with E-state index in [0.29, 0.717) is 29.6 Å². The minimum absolute atomic E-state index is 0.180. The molecule has 2 aromatic rings. The molecule has 0 unspecified atom stereocenters. The van der Waals surface area contributed by atoms with E-state index >= 15 is 0 Å². The number of hydrogen-bond acceptors (Lipinski definition) is 7. The van der Waals surface area contributed by atoms with Gasteiger partial charge in [0, 0.05) is 17.3 Å². The van der Waals surface area contributed by atoms with Crippen LogP contribution in [0.3, 0.4) is 0 Å². The van der Waals surface area contributed by atoms with E-state index in [1.54, 1.807) is 13.0 Å². The van der Waals surface area contributed by atoms with Crippen LogP contribution in [-0.4, -0.2) is 39.0 Å². The van der Waals surface area contributed by atoms with E-state index in [9.17, 15) is 9.59 Å². The first-order valence-electron chi connectivity index (χ1n) is 10.3. The number of rotatable bonds is 9. The highest BCUT2D eigenvalue weighted by atomic mass is 32.2. The Morgan fingerprint density at radius 2 is 2.13 bits per heavy atom. The molecule has 2 aromatic heterocycles. The molecule has 1 aliphatic rings. The van der Waals surface area contributed by atoms with Crippen molar-refractivity contribution >= 4 is 40.0 Å². The fourth-order valence-corrected chi connectivity index (χ4v) is 5.30. The topological polar surface area (TPSA) is 86.1 Å². The lowest BCUT2D eigenvalue weighted by molar-refractivity contribution is -0.113. The van der Waals surface area contributed by atoms with Crippen LogP contribution in [0.15, 0.2) is 23.9 Å². The quantitative estimate of drug-likeness (QED) is 0.337. The molecule has 162 valence electrons. The van der Waals surface area contributed by atoms with E-state index < -0.39 is 5.97 Å². The predicted molar refractivity (Wildman–Crippen MR) is 120 cm³/mol. The highest BCUT2D eigenvalue weighted by molar-refractivity contribution is 7.99. The van der Waals surface area contributed by atoms with Gasteiger partial charge in [-0.15, -0.1) is 28.1 Å². The van der Waals surface area contributed by atoms with E-state index in [2.05, 4.69) is 26.7 Å². The summed E-state index contributed by atoms with van der Waals surface area (Å²) in [5.74, 6) is 0.984. The summed E-state index contributed by atoms with van der Waals surface area (Å²) in [4.78, 5) is 25.6. The Labute approximate surface area is 185 Å². The predicted octanol–water partition coefficient (Wildman–Crippen LogP) is 4.79. The number of nitrogens with zero attached hydrogens (tertiary/aromatic N) is 3. The fourth-order valence-electron chi connectivity index (χ4n) is 3.63. The summed E-state index contributed by atoms with van der Waals surface area (Å²) in [5.41, 5.74) is 0.395. The largest absolute Gasteiger partial charge is 0.462 e. The van der Waals surface area contributed by atoms with Gasteiger partial charge in [-0.05, 0) is 32.8 Å². The van der Waals surface area contributed by atoms with Crippen LogP contribution in [0.4, 0.5) is 5.00 Å². The lowest BCUT2D eigenvalue weighted by Crippen LogP contribution is -2.17. The van der Waals surface area contributed by atoms with Crippen LogP contribution in [-0.2, 0) is 16.1 Å². The maximum atomic E-state index is 12.6. The molecule has 0 aliphatic heterocycles. The first kappa shape index (κ1) is 22.6. The van der Waals surface area contributed by atoms with Crippen LogP contribution in [0.25, 0.3) is 0 Å². The summed E-state index contributed by atoms with van der Waals surface area (Å²) in [5, 5.41) is 12.9. The number of amides is 1. The zero-order valence-corrected chi connectivity index (χ0v) is 19.1. The van der Waals surface area contributed by atoms with Gasteiger partial charge in [0.15, 0.2) is 5.16 Å². The number of aromatic nitrogens is 3. The van der Waals surface area contributed by atoms with Gasteiger partial charge >= 0.3 is 5.97 Å². The average Bonchev–Trinajstić information content (AvgIpc) is 3.30. The number of carbonyl (C=O) groups is 2. The van der Waals surface area contributed by atoms with Gasteiger partial charge in [-0.1, -0.05) is 37.1 Å². The van der Waals surface area contributed by atoms with Crippen molar-refractivity contribution in [1.29, 1.82) is 0 Å². The minimum atomic E-state index is -0.423. The van der Waals surface area contributed by atoms with Crippen molar-refractivity contribution in [2.75, 3.05) is 17.7 Å². The first-order valence-corrected chi connectivity index (χ1v) is 12.1.